The van der Waals surface area contributed by atoms with E-state index in [-0.39, 0.29) is 24.1 Å². The molecule has 2 aromatic rings. The van der Waals surface area contributed by atoms with Crippen LogP contribution in [-0.2, 0) is 11.2 Å². The number of amides is 1. The number of carbonyl (C=O) groups is 2. The lowest BCUT2D eigenvalue weighted by atomic mass is 10.1. The number of carbonyl (C=O) groups excluding carboxylic acids is 2. The zero-order valence-corrected chi connectivity index (χ0v) is 15.1. The number of aldehydes is 1. The molecule has 0 bridgehead atoms. The SMILES string of the molecule is COc1cc(Br)c(C=O)cc1OCC(=O)NCCc1ccccc1F. The minimum atomic E-state index is -0.353. The summed E-state index contributed by atoms with van der Waals surface area (Å²) in [7, 11) is 1.46. The van der Waals surface area contributed by atoms with Gasteiger partial charge in [-0.2, -0.15) is 0 Å². The van der Waals surface area contributed by atoms with Gasteiger partial charge in [0.25, 0.3) is 5.91 Å². The van der Waals surface area contributed by atoms with Gasteiger partial charge in [0.2, 0.25) is 0 Å². The standard InChI is InChI=1S/C18H17BrFNO4/c1-24-16-9-14(19)13(10-22)8-17(16)25-11-18(23)21-7-6-12-4-2-3-5-15(12)20/h2-5,8-10H,6-7,11H2,1H3,(H,21,23). The van der Waals surface area contributed by atoms with E-state index in [1.165, 1.54) is 19.2 Å². The predicted octanol–water partition coefficient (Wildman–Crippen LogP) is 3.15. The van der Waals surface area contributed by atoms with E-state index in [0.717, 1.165) is 0 Å². The summed E-state index contributed by atoms with van der Waals surface area (Å²) in [5.74, 6) is 0.0386. The van der Waals surface area contributed by atoms with Crippen molar-refractivity contribution in [1.29, 1.82) is 0 Å². The number of hydrogen-bond acceptors (Lipinski definition) is 4. The van der Waals surface area contributed by atoms with E-state index in [4.69, 9.17) is 9.47 Å². The van der Waals surface area contributed by atoms with Crippen molar-refractivity contribution < 1.29 is 23.5 Å². The Balaban J connectivity index is 1.87. The fourth-order valence-corrected chi connectivity index (χ4v) is 2.56. The Morgan fingerprint density at radius 3 is 2.72 bits per heavy atom. The summed E-state index contributed by atoms with van der Waals surface area (Å²) in [6.45, 7) is 0.0494. The van der Waals surface area contributed by atoms with Gasteiger partial charge in [-0.15, -0.1) is 0 Å². The fraction of sp³-hybridized carbons (Fsp3) is 0.222. The lowest BCUT2D eigenvalue weighted by molar-refractivity contribution is -0.123. The molecule has 1 N–H and O–H groups in total. The average molecular weight is 410 g/mol. The second kappa shape index (κ2) is 9.17. The number of benzene rings is 2. The molecule has 0 unspecified atom stereocenters. The van der Waals surface area contributed by atoms with Crippen molar-refractivity contribution >= 4 is 28.1 Å². The molecule has 0 fully saturated rings. The maximum atomic E-state index is 13.5. The molecule has 0 atom stereocenters. The normalized spacial score (nSPS) is 10.2. The van der Waals surface area contributed by atoms with Crippen LogP contribution in [0.15, 0.2) is 40.9 Å². The molecule has 2 rings (SSSR count). The minimum absolute atomic E-state index is 0.242. The van der Waals surface area contributed by atoms with Gasteiger partial charge in [-0.3, -0.25) is 9.59 Å². The molecular formula is C18H17BrFNO4. The molecule has 0 aliphatic carbocycles. The van der Waals surface area contributed by atoms with Crippen LogP contribution in [0.4, 0.5) is 4.39 Å². The number of nitrogens with one attached hydrogen (secondary N) is 1. The second-order valence-corrected chi connectivity index (χ2v) is 5.98. The summed E-state index contributed by atoms with van der Waals surface area (Å²) in [5.41, 5.74) is 0.921. The second-order valence-electron chi connectivity index (χ2n) is 5.12. The van der Waals surface area contributed by atoms with E-state index >= 15 is 0 Å². The first-order valence-electron chi connectivity index (χ1n) is 7.50. The van der Waals surface area contributed by atoms with E-state index in [1.807, 2.05) is 0 Å². The molecule has 2 aromatic carbocycles. The van der Waals surface area contributed by atoms with Crippen LogP contribution >= 0.6 is 15.9 Å². The molecule has 0 radical (unpaired) electrons. The van der Waals surface area contributed by atoms with Crippen LogP contribution in [-0.4, -0.2) is 32.5 Å². The van der Waals surface area contributed by atoms with Crippen LogP contribution < -0.4 is 14.8 Å². The molecule has 0 heterocycles. The third-order valence-corrected chi connectivity index (χ3v) is 4.13. The van der Waals surface area contributed by atoms with Crippen LogP contribution in [0.5, 0.6) is 11.5 Å². The van der Waals surface area contributed by atoms with Gasteiger partial charge in [-0.05, 0) is 46.1 Å². The van der Waals surface area contributed by atoms with E-state index in [9.17, 15) is 14.0 Å². The van der Waals surface area contributed by atoms with Gasteiger partial charge in [0, 0.05) is 16.6 Å². The van der Waals surface area contributed by atoms with E-state index in [1.54, 1.807) is 24.3 Å². The smallest absolute Gasteiger partial charge is 0.257 e. The van der Waals surface area contributed by atoms with Gasteiger partial charge >= 0.3 is 0 Å². The molecule has 7 heteroatoms. The molecule has 132 valence electrons. The third kappa shape index (κ3) is 5.29. The first-order chi connectivity index (χ1) is 12.0. The zero-order chi connectivity index (χ0) is 18.2. The Labute approximate surface area is 153 Å². The van der Waals surface area contributed by atoms with Crippen molar-refractivity contribution in [2.45, 2.75) is 6.42 Å². The van der Waals surface area contributed by atoms with Crippen molar-refractivity contribution in [3.8, 4) is 11.5 Å². The lowest BCUT2D eigenvalue weighted by Crippen LogP contribution is -2.30. The average Bonchev–Trinajstić information content (AvgIpc) is 2.62. The molecule has 25 heavy (non-hydrogen) atoms. The number of methoxy groups -OCH3 is 1. The summed E-state index contributed by atoms with van der Waals surface area (Å²) < 4.78 is 24.6. The highest BCUT2D eigenvalue weighted by molar-refractivity contribution is 9.10. The highest BCUT2D eigenvalue weighted by atomic mass is 79.9. The maximum absolute atomic E-state index is 13.5. The predicted molar refractivity (Wildman–Crippen MR) is 94.7 cm³/mol. The zero-order valence-electron chi connectivity index (χ0n) is 13.6. The summed E-state index contributed by atoms with van der Waals surface area (Å²) in [6, 6.07) is 9.49. The minimum Gasteiger partial charge on any atom is -0.493 e. The summed E-state index contributed by atoms with van der Waals surface area (Å²) in [4.78, 5) is 22.8. The van der Waals surface area contributed by atoms with Crippen LogP contribution in [0, 0.1) is 5.82 Å². The van der Waals surface area contributed by atoms with Crippen LogP contribution in [0.2, 0.25) is 0 Å². The Morgan fingerprint density at radius 1 is 1.28 bits per heavy atom. The van der Waals surface area contributed by atoms with Crippen molar-refractivity contribution in [1.82, 2.24) is 5.32 Å². The topological polar surface area (TPSA) is 64.6 Å². The molecule has 0 saturated carbocycles. The van der Waals surface area contributed by atoms with Crippen molar-refractivity contribution in [3.05, 3.63) is 57.8 Å². The highest BCUT2D eigenvalue weighted by Gasteiger charge is 2.12. The van der Waals surface area contributed by atoms with Crippen LogP contribution in [0.25, 0.3) is 0 Å². The first kappa shape index (κ1) is 18.9. The van der Waals surface area contributed by atoms with Crippen molar-refractivity contribution in [2.24, 2.45) is 0 Å². The van der Waals surface area contributed by atoms with E-state index in [2.05, 4.69) is 21.2 Å². The van der Waals surface area contributed by atoms with Gasteiger partial charge < -0.3 is 14.8 Å². The number of ether oxygens (including phenoxy) is 2. The largest absolute Gasteiger partial charge is 0.493 e. The molecule has 5 nitrogen and oxygen atoms in total. The Morgan fingerprint density at radius 2 is 2.04 bits per heavy atom. The summed E-state index contributed by atoms with van der Waals surface area (Å²) in [6.07, 6.45) is 1.06. The molecule has 0 spiro atoms. The van der Waals surface area contributed by atoms with Crippen LogP contribution in [0.3, 0.4) is 0 Å². The first-order valence-corrected chi connectivity index (χ1v) is 8.30. The number of halogens is 2. The molecular weight excluding hydrogens is 393 g/mol. The van der Waals surface area contributed by atoms with Gasteiger partial charge in [0.1, 0.15) is 5.82 Å². The molecule has 0 aliphatic rings. The van der Waals surface area contributed by atoms with E-state index in [0.29, 0.717) is 40.6 Å². The summed E-state index contributed by atoms with van der Waals surface area (Å²) in [5, 5.41) is 2.66. The van der Waals surface area contributed by atoms with Gasteiger partial charge in [-0.25, -0.2) is 4.39 Å². The molecule has 1 amide bonds. The van der Waals surface area contributed by atoms with Crippen LogP contribution in [0.1, 0.15) is 15.9 Å². The van der Waals surface area contributed by atoms with Crippen molar-refractivity contribution in [3.63, 3.8) is 0 Å². The quantitative estimate of drug-likeness (QED) is 0.680. The Kier molecular flexibility index (Phi) is 6.94. The highest BCUT2D eigenvalue weighted by Crippen LogP contribution is 2.32. The van der Waals surface area contributed by atoms with Gasteiger partial charge in [0.15, 0.2) is 24.4 Å². The summed E-state index contributed by atoms with van der Waals surface area (Å²) >= 11 is 3.25. The Bertz CT molecular complexity index is 767. The number of rotatable bonds is 8. The molecule has 0 saturated heterocycles. The maximum Gasteiger partial charge on any atom is 0.257 e. The van der Waals surface area contributed by atoms with Gasteiger partial charge in [-0.1, -0.05) is 18.2 Å². The van der Waals surface area contributed by atoms with E-state index < -0.39 is 0 Å². The molecule has 0 aromatic heterocycles. The van der Waals surface area contributed by atoms with Crippen molar-refractivity contribution in [2.75, 3.05) is 20.3 Å². The fourth-order valence-electron chi connectivity index (χ4n) is 2.15. The number of hydrogen-bond donors (Lipinski definition) is 1. The molecule has 0 aliphatic heterocycles. The lowest BCUT2D eigenvalue weighted by Gasteiger charge is -2.12. The van der Waals surface area contributed by atoms with Gasteiger partial charge in [0.05, 0.1) is 7.11 Å². The Hall–Kier alpha value is -2.41. The monoisotopic (exact) mass is 409 g/mol. The third-order valence-electron chi connectivity index (χ3n) is 3.44.